The second-order valence-corrected chi connectivity index (χ2v) is 7.94. The van der Waals surface area contributed by atoms with Gasteiger partial charge < -0.3 is 14.3 Å². The molecule has 1 aromatic carbocycles. The van der Waals surface area contributed by atoms with Crippen molar-refractivity contribution in [1.82, 2.24) is 19.9 Å². The molecule has 1 aliphatic carbocycles. The second kappa shape index (κ2) is 6.32. The van der Waals surface area contributed by atoms with Crippen LogP contribution in [0, 0.1) is 0 Å². The molecule has 0 bridgehead atoms. The Balaban J connectivity index is 1.36. The topological polar surface area (TPSA) is 82.8 Å². The Labute approximate surface area is 163 Å². The van der Waals surface area contributed by atoms with Crippen LogP contribution in [0.4, 0.5) is 10.7 Å². The van der Waals surface area contributed by atoms with Gasteiger partial charge in [-0.05, 0) is 36.4 Å². The normalized spacial score (nSPS) is 21.8. The van der Waals surface area contributed by atoms with Crippen LogP contribution in [0.2, 0.25) is 0 Å². The Bertz CT molecular complexity index is 900. The number of rotatable bonds is 4. The Morgan fingerprint density at radius 1 is 1.14 bits per heavy atom. The van der Waals surface area contributed by atoms with Crippen molar-refractivity contribution >= 4 is 17.9 Å². The Morgan fingerprint density at radius 2 is 1.86 bits per heavy atom. The van der Waals surface area contributed by atoms with Gasteiger partial charge in [0.05, 0.1) is 0 Å². The number of amides is 3. The number of hydrogen-bond acceptors (Lipinski definition) is 6. The summed E-state index contributed by atoms with van der Waals surface area (Å²) in [4.78, 5) is 35.4. The van der Waals surface area contributed by atoms with Crippen LogP contribution in [0.5, 0.6) is 0 Å². The minimum Gasteiger partial charge on any atom is -0.338 e. The number of hydrogen-bond donors (Lipinski definition) is 0. The lowest BCUT2D eigenvalue weighted by molar-refractivity contribution is -0.133. The molecule has 3 fully saturated rings. The smallest absolute Gasteiger partial charge is 0.327 e. The fourth-order valence-corrected chi connectivity index (χ4v) is 4.28. The third kappa shape index (κ3) is 2.66. The third-order valence-corrected chi connectivity index (χ3v) is 6.15. The van der Waals surface area contributed by atoms with Gasteiger partial charge in [-0.3, -0.25) is 9.69 Å². The van der Waals surface area contributed by atoms with Crippen LogP contribution in [0.1, 0.15) is 43.1 Å². The standard InChI is InChI=1S/C20H23N5O3/c1-23-17(26)20(25(19(23)27)13-14-5-3-2-4-6-14)9-11-24(12-10-20)18-21-16(28-22-18)15-7-8-15/h2-6,15H,7-13H2,1H3. The highest BCUT2D eigenvalue weighted by molar-refractivity contribution is 6.06. The maximum absolute atomic E-state index is 13.0. The molecule has 28 heavy (non-hydrogen) atoms. The zero-order chi connectivity index (χ0) is 19.3. The number of nitrogens with zero attached hydrogens (tertiary/aromatic N) is 5. The van der Waals surface area contributed by atoms with Gasteiger partial charge in [-0.15, -0.1) is 0 Å². The van der Waals surface area contributed by atoms with Crippen molar-refractivity contribution in [2.24, 2.45) is 0 Å². The highest BCUT2D eigenvalue weighted by Gasteiger charge is 2.57. The molecule has 1 aromatic heterocycles. The van der Waals surface area contributed by atoms with Gasteiger partial charge in [0.25, 0.3) is 11.9 Å². The molecule has 5 rings (SSSR count). The van der Waals surface area contributed by atoms with E-state index < -0.39 is 5.54 Å². The van der Waals surface area contributed by atoms with Crippen LogP contribution in [-0.4, -0.2) is 57.6 Å². The number of urea groups is 1. The van der Waals surface area contributed by atoms with Crippen LogP contribution in [0.15, 0.2) is 34.9 Å². The number of likely N-dealkylation sites (N-methyl/N-ethyl adjacent to an activating group) is 1. The van der Waals surface area contributed by atoms with Crippen LogP contribution in [0.25, 0.3) is 0 Å². The molecule has 3 amide bonds. The van der Waals surface area contributed by atoms with Gasteiger partial charge in [0.1, 0.15) is 5.54 Å². The summed E-state index contributed by atoms with van der Waals surface area (Å²) in [6.45, 7) is 1.66. The third-order valence-electron chi connectivity index (χ3n) is 6.15. The first-order valence-electron chi connectivity index (χ1n) is 9.81. The maximum atomic E-state index is 13.0. The molecule has 8 heteroatoms. The number of aromatic nitrogens is 2. The maximum Gasteiger partial charge on any atom is 0.327 e. The number of carbonyl (C=O) groups excluding carboxylic acids is 2. The van der Waals surface area contributed by atoms with Crippen molar-refractivity contribution in [2.75, 3.05) is 25.0 Å². The summed E-state index contributed by atoms with van der Waals surface area (Å²) in [5.41, 5.74) is 0.231. The van der Waals surface area contributed by atoms with Crippen LogP contribution in [-0.2, 0) is 11.3 Å². The van der Waals surface area contributed by atoms with Gasteiger partial charge in [0.15, 0.2) is 0 Å². The van der Waals surface area contributed by atoms with Gasteiger partial charge in [-0.25, -0.2) is 4.79 Å². The highest BCUT2D eigenvalue weighted by Crippen LogP contribution is 2.41. The van der Waals surface area contributed by atoms with Gasteiger partial charge in [-0.2, -0.15) is 4.98 Å². The minimum absolute atomic E-state index is 0.111. The SMILES string of the molecule is CN1C(=O)N(Cc2ccccc2)C2(CCN(c3noc(C4CC4)n3)CC2)C1=O. The van der Waals surface area contributed by atoms with Crippen molar-refractivity contribution in [3.8, 4) is 0 Å². The molecule has 3 aliphatic rings. The van der Waals surface area contributed by atoms with E-state index in [9.17, 15) is 9.59 Å². The summed E-state index contributed by atoms with van der Waals surface area (Å²) in [6, 6.07) is 9.59. The highest BCUT2D eigenvalue weighted by atomic mass is 16.5. The molecular weight excluding hydrogens is 358 g/mol. The molecule has 2 aromatic rings. The quantitative estimate of drug-likeness (QED) is 0.756. The van der Waals surface area contributed by atoms with Crippen molar-refractivity contribution in [3.63, 3.8) is 0 Å². The molecule has 2 saturated heterocycles. The Hall–Kier alpha value is -2.90. The molecule has 0 unspecified atom stereocenters. The summed E-state index contributed by atoms with van der Waals surface area (Å²) in [5.74, 6) is 1.62. The summed E-state index contributed by atoms with van der Waals surface area (Å²) >= 11 is 0. The van der Waals surface area contributed by atoms with E-state index in [1.807, 2.05) is 30.3 Å². The molecule has 0 N–H and O–H groups in total. The largest absolute Gasteiger partial charge is 0.338 e. The van der Waals surface area contributed by atoms with E-state index in [1.165, 1.54) is 4.90 Å². The molecular formula is C20H23N5O3. The average molecular weight is 381 g/mol. The van der Waals surface area contributed by atoms with E-state index in [0.29, 0.717) is 50.2 Å². The molecule has 2 aliphatic heterocycles. The minimum atomic E-state index is -0.790. The number of piperidine rings is 1. The first-order valence-corrected chi connectivity index (χ1v) is 9.81. The Morgan fingerprint density at radius 3 is 2.54 bits per heavy atom. The van der Waals surface area contributed by atoms with E-state index in [1.54, 1.807) is 11.9 Å². The summed E-state index contributed by atoms with van der Waals surface area (Å²) < 4.78 is 5.37. The molecule has 3 heterocycles. The fraction of sp³-hybridized carbons (Fsp3) is 0.500. The fourth-order valence-electron chi connectivity index (χ4n) is 4.28. The first kappa shape index (κ1) is 17.2. The van der Waals surface area contributed by atoms with Gasteiger partial charge >= 0.3 is 6.03 Å². The van der Waals surface area contributed by atoms with E-state index in [0.717, 1.165) is 18.4 Å². The predicted octanol–water partition coefficient (Wildman–Crippen LogP) is 2.38. The number of benzene rings is 1. The number of carbonyl (C=O) groups is 2. The summed E-state index contributed by atoms with van der Waals surface area (Å²) in [6.07, 6.45) is 3.34. The molecule has 146 valence electrons. The molecule has 0 radical (unpaired) electrons. The molecule has 0 atom stereocenters. The lowest BCUT2D eigenvalue weighted by Gasteiger charge is -2.41. The summed E-state index contributed by atoms with van der Waals surface area (Å²) in [5, 5.41) is 4.12. The van der Waals surface area contributed by atoms with Crippen molar-refractivity contribution in [1.29, 1.82) is 0 Å². The van der Waals surface area contributed by atoms with Crippen LogP contribution < -0.4 is 4.90 Å². The van der Waals surface area contributed by atoms with Gasteiger partial charge in [-0.1, -0.05) is 30.3 Å². The van der Waals surface area contributed by atoms with Crippen molar-refractivity contribution in [2.45, 2.75) is 43.7 Å². The number of imide groups is 1. The molecule has 1 saturated carbocycles. The van der Waals surface area contributed by atoms with Crippen molar-refractivity contribution in [3.05, 3.63) is 41.8 Å². The van der Waals surface area contributed by atoms with Crippen LogP contribution in [0.3, 0.4) is 0 Å². The van der Waals surface area contributed by atoms with E-state index in [4.69, 9.17) is 4.52 Å². The lowest BCUT2D eigenvalue weighted by atomic mass is 9.85. The van der Waals surface area contributed by atoms with Crippen LogP contribution >= 0.6 is 0 Å². The predicted molar refractivity (Wildman–Crippen MR) is 101 cm³/mol. The molecule has 8 nitrogen and oxygen atoms in total. The lowest BCUT2D eigenvalue weighted by Crippen LogP contribution is -2.56. The van der Waals surface area contributed by atoms with E-state index in [-0.39, 0.29) is 11.9 Å². The molecule has 1 spiro atoms. The number of anilines is 1. The zero-order valence-corrected chi connectivity index (χ0v) is 15.9. The second-order valence-electron chi connectivity index (χ2n) is 7.94. The van der Waals surface area contributed by atoms with Gasteiger partial charge in [0.2, 0.25) is 5.89 Å². The van der Waals surface area contributed by atoms with E-state index in [2.05, 4.69) is 15.0 Å². The zero-order valence-electron chi connectivity index (χ0n) is 15.9. The van der Waals surface area contributed by atoms with E-state index >= 15 is 0 Å². The van der Waals surface area contributed by atoms with Gasteiger partial charge in [0, 0.05) is 32.6 Å². The monoisotopic (exact) mass is 381 g/mol. The Kier molecular flexibility index (Phi) is 3.89. The van der Waals surface area contributed by atoms with Crippen molar-refractivity contribution < 1.29 is 14.1 Å². The first-order chi connectivity index (χ1) is 13.6. The average Bonchev–Trinajstić information content (AvgIpc) is 3.44. The summed E-state index contributed by atoms with van der Waals surface area (Å²) in [7, 11) is 1.57.